The average molecular weight is 394 g/mol. The van der Waals surface area contributed by atoms with Crippen molar-refractivity contribution in [2.75, 3.05) is 17.7 Å². The molecule has 0 unspecified atom stereocenters. The van der Waals surface area contributed by atoms with E-state index < -0.39 is 0 Å². The minimum absolute atomic E-state index is 0.0643. The van der Waals surface area contributed by atoms with Crippen molar-refractivity contribution in [3.05, 3.63) is 65.9 Å². The summed E-state index contributed by atoms with van der Waals surface area (Å²) >= 11 is 6.00. The summed E-state index contributed by atoms with van der Waals surface area (Å²) < 4.78 is 5.11. The van der Waals surface area contributed by atoms with E-state index in [4.69, 9.17) is 16.3 Å². The number of phenolic OH excluding ortho intramolecular Hbond substituents is 1. The van der Waals surface area contributed by atoms with Gasteiger partial charge >= 0.3 is 0 Å². The van der Waals surface area contributed by atoms with Gasteiger partial charge in [0.2, 0.25) is 5.95 Å². The minimum Gasteiger partial charge on any atom is -0.504 e. The Kier molecular flexibility index (Phi) is 4.82. The van der Waals surface area contributed by atoms with Gasteiger partial charge in [-0.25, -0.2) is 4.98 Å². The maximum Gasteiger partial charge on any atom is 0.229 e. The van der Waals surface area contributed by atoms with E-state index in [0.29, 0.717) is 28.2 Å². The quantitative estimate of drug-likeness (QED) is 0.416. The van der Waals surface area contributed by atoms with E-state index in [1.54, 1.807) is 30.6 Å². The maximum atomic E-state index is 9.69. The number of aromatic nitrogens is 3. The zero-order chi connectivity index (χ0) is 19.5. The Hall–Kier alpha value is -3.58. The van der Waals surface area contributed by atoms with E-state index in [-0.39, 0.29) is 5.75 Å². The van der Waals surface area contributed by atoms with Crippen molar-refractivity contribution >= 4 is 45.6 Å². The minimum atomic E-state index is 0.0643. The maximum absolute atomic E-state index is 9.69. The molecule has 0 radical (unpaired) electrons. The second-order valence-corrected chi connectivity index (χ2v) is 6.40. The lowest BCUT2D eigenvalue weighted by Gasteiger charge is -2.10. The van der Waals surface area contributed by atoms with Gasteiger partial charge in [0, 0.05) is 28.4 Å². The first-order valence-corrected chi connectivity index (χ1v) is 8.78. The summed E-state index contributed by atoms with van der Waals surface area (Å²) in [7, 11) is 1.49. The van der Waals surface area contributed by atoms with Crippen LogP contribution in [0.1, 0.15) is 0 Å². The lowest BCUT2D eigenvalue weighted by molar-refractivity contribution is 0.374. The Morgan fingerprint density at radius 3 is 2.71 bits per heavy atom. The molecule has 0 saturated carbocycles. The highest BCUT2D eigenvalue weighted by Gasteiger charge is 2.06. The molecule has 0 fully saturated rings. The molecule has 0 aliphatic heterocycles. The number of nitrogens with one attached hydrogen (secondary N) is 2. The van der Waals surface area contributed by atoms with Gasteiger partial charge in [-0.2, -0.15) is 4.98 Å². The van der Waals surface area contributed by atoms with E-state index in [1.165, 1.54) is 13.2 Å². The van der Waals surface area contributed by atoms with Crippen LogP contribution in [-0.4, -0.2) is 27.2 Å². The number of fused-ring (bicyclic) bond motifs is 1. The summed E-state index contributed by atoms with van der Waals surface area (Å²) in [6.07, 6.45) is 3.36. The molecule has 28 heavy (non-hydrogen) atoms. The molecule has 0 amide bonds. The van der Waals surface area contributed by atoms with Crippen molar-refractivity contribution in [3.8, 4) is 11.5 Å². The number of rotatable bonds is 5. The summed E-state index contributed by atoms with van der Waals surface area (Å²) in [6, 6.07) is 14.2. The zero-order valence-electron chi connectivity index (χ0n) is 14.8. The van der Waals surface area contributed by atoms with Crippen LogP contribution in [-0.2, 0) is 0 Å². The van der Waals surface area contributed by atoms with Crippen molar-refractivity contribution < 1.29 is 9.84 Å². The molecule has 140 valence electrons. The third kappa shape index (κ3) is 3.89. The molecule has 3 N–H and O–H groups in total. The van der Waals surface area contributed by atoms with E-state index in [0.717, 1.165) is 16.6 Å². The second kappa shape index (κ2) is 7.58. The number of halogens is 1. The largest absolute Gasteiger partial charge is 0.504 e. The molecule has 0 bridgehead atoms. The monoisotopic (exact) mass is 393 g/mol. The van der Waals surface area contributed by atoms with Crippen LogP contribution in [0.3, 0.4) is 0 Å². The Morgan fingerprint density at radius 2 is 1.86 bits per heavy atom. The number of pyridine rings is 1. The fourth-order valence-corrected chi connectivity index (χ4v) is 2.85. The molecule has 2 aromatic heterocycles. The van der Waals surface area contributed by atoms with Crippen LogP contribution in [0.15, 0.2) is 60.9 Å². The third-order valence-corrected chi connectivity index (χ3v) is 4.25. The van der Waals surface area contributed by atoms with Crippen LogP contribution >= 0.6 is 11.6 Å². The molecule has 2 heterocycles. The standard InChI is InChI=1S/C20H16ClN5O2/c1-28-18-10-14(4-5-17(18)27)25-20-22-7-6-19(26-20)24-15-8-12-2-3-13(21)9-16(12)23-11-15/h2-11,27H,1H3,(H2,22,24,25,26). The molecule has 7 nitrogen and oxygen atoms in total. The molecule has 8 heteroatoms. The van der Waals surface area contributed by atoms with Gasteiger partial charge < -0.3 is 20.5 Å². The molecular formula is C20H16ClN5O2. The predicted octanol–water partition coefficient (Wildman–Crippen LogP) is 4.88. The zero-order valence-corrected chi connectivity index (χ0v) is 15.6. The number of aromatic hydroxyl groups is 1. The van der Waals surface area contributed by atoms with Crippen LogP contribution in [0.25, 0.3) is 10.9 Å². The van der Waals surface area contributed by atoms with Crippen LogP contribution in [0.4, 0.5) is 23.1 Å². The normalized spacial score (nSPS) is 10.6. The summed E-state index contributed by atoms with van der Waals surface area (Å²) in [5.41, 5.74) is 2.31. The van der Waals surface area contributed by atoms with Gasteiger partial charge in [-0.1, -0.05) is 17.7 Å². The van der Waals surface area contributed by atoms with Gasteiger partial charge in [-0.05, 0) is 36.4 Å². The summed E-state index contributed by atoms with van der Waals surface area (Å²) in [5.74, 6) is 1.44. The van der Waals surface area contributed by atoms with Crippen molar-refractivity contribution in [1.29, 1.82) is 0 Å². The predicted molar refractivity (Wildman–Crippen MR) is 110 cm³/mol. The molecule has 4 rings (SSSR count). The van der Waals surface area contributed by atoms with E-state index in [1.807, 2.05) is 24.3 Å². The van der Waals surface area contributed by atoms with Crippen LogP contribution < -0.4 is 15.4 Å². The number of phenols is 1. The molecule has 0 spiro atoms. The van der Waals surface area contributed by atoms with Crippen molar-refractivity contribution in [3.63, 3.8) is 0 Å². The smallest absolute Gasteiger partial charge is 0.229 e. The van der Waals surface area contributed by atoms with E-state index in [2.05, 4.69) is 25.6 Å². The first-order valence-electron chi connectivity index (χ1n) is 8.40. The van der Waals surface area contributed by atoms with Gasteiger partial charge in [0.1, 0.15) is 5.82 Å². The van der Waals surface area contributed by atoms with Crippen LogP contribution in [0.5, 0.6) is 11.5 Å². The Bertz CT molecular complexity index is 1150. The van der Waals surface area contributed by atoms with Gasteiger partial charge in [-0.3, -0.25) is 4.98 Å². The van der Waals surface area contributed by atoms with Crippen molar-refractivity contribution in [2.45, 2.75) is 0 Å². The lowest BCUT2D eigenvalue weighted by atomic mass is 10.2. The Morgan fingerprint density at radius 1 is 0.964 bits per heavy atom. The van der Waals surface area contributed by atoms with Crippen molar-refractivity contribution in [2.24, 2.45) is 0 Å². The molecule has 0 atom stereocenters. The third-order valence-electron chi connectivity index (χ3n) is 4.01. The highest BCUT2D eigenvalue weighted by molar-refractivity contribution is 6.31. The number of benzene rings is 2. The first-order chi connectivity index (χ1) is 13.6. The Labute approximate surface area is 166 Å². The van der Waals surface area contributed by atoms with Crippen molar-refractivity contribution in [1.82, 2.24) is 15.0 Å². The van der Waals surface area contributed by atoms with Gasteiger partial charge in [0.15, 0.2) is 11.5 Å². The van der Waals surface area contributed by atoms with Crippen LogP contribution in [0.2, 0.25) is 5.02 Å². The second-order valence-electron chi connectivity index (χ2n) is 5.96. The number of hydrogen-bond donors (Lipinski definition) is 3. The molecule has 4 aromatic rings. The highest BCUT2D eigenvalue weighted by Crippen LogP contribution is 2.30. The number of anilines is 4. The fourth-order valence-electron chi connectivity index (χ4n) is 2.68. The highest BCUT2D eigenvalue weighted by atomic mass is 35.5. The number of hydrogen-bond acceptors (Lipinski definition) is 7. The molecule has 0 saturated heterocycles. The van der Waals surface area contributed by atoms with Gasteiger partial charge in [0.25, 0.3) is 0 Å². The molecule has 2 aromatic carbocycles. The average Bonchev–Trinajstić information content (AvgIpc) is 2.70. The number of methoxy groups -OCH3 is 1. The summed E-state index contributed by atoms with van der Waals surface area (Å²) in [6.45, 7) is 0. The van der Waals surface area contributed by atoms with E-state index >= 15 is 0 Å². The Balaban J connectivity index is 1.54. The fraction of sp³-hybridized carbons (Fsp3) is 0.0500. The van der Waals surface area contributed by atoms with E-state index in [9.17, 15) is 5.11 Å². The topological polar surface area (TPSA) is 92.2 Å². The van der Waals surface area contributed by atoms with Gasteiger partial charge in [0.05, 0.1) is 24.5 Å². The summed E-state index contributed by atoms with van der Waals surface area (Å²) in [5, 5.41) is 17.6. The SMILES string of the molecule is COc1cc(Nc2nccc(Nc3cnc4cc(Cl)ccc4c3)n2)ccc1O. The first kappa shape index (κ1) is 17.8. The molecule has 0 aliphatic rings. The molecule has 0 aliphatic carbocycles. The number of ether oxygens (including phenoxy) is 1. The molecular weight excluding hydrogens is 378 g/mol. The summed E-state index contributed by atoms with van der Waals surface area (Å²) in [4.78, 5) is 13.1. The lowest BCUT2D eigenvalue weighted by Crippen LogP contribution is -2.01. The van der Waals surface area contributed by atoms with Gasteiger partial charge in [-0.15, -0.1) is 0 Å². The van der Waals surface area contributed by atoms with Crippen LogP contribution in [0, 0.1) is 0 Å². The number of nitrogens with zero attached hydrogens (tertiary/aromatic N) is 3.